The van der Waals surface area contributed by atoms with Crippen LogP contribution in [0.25, 0.3) is 0 Å². The third kappa shape index (κ3) is 3.50. The molecular weight excluding hydrogens is 274 g/mol. The van der Waals surface area contributed by atoms with E-state index in [9.17, 15) is 0 Å². The van der Waals surface area contributed by atoms with Gasteiger partial charge in [-0.25, -0.2) is 10.4 Å². The van der Waals surface area contributed by atoms with Gasteiger partial charge in [0.1, 0.15) is 6.23 Å². The van der Waals surface area contributed by atoms with Crippen molar-refractivity contribution in [2.45, 2.75) is 70.1 Å². The van der Waals surface area contributed by atoms with Crippen molar-refractivity contribution in [3.8, 4) is 0 Å². The van der Waals surface area contributed by atoms with Crippen molar-refractivity contribution in [3.05, 3.63) is 0 Å². The lowest BCUT2D eigenvalue weighted by Gasteiger charge is -2.41. The molecule has 0 spiro atoms. The lowest BCUT2D eigenvalue weighted by Crippen LogP contribution is -2.44. The van der Waals surface area contributed by atoms with E-state index in [1.807, 2.05) is 0 Å². The maximum absolute atomic E-state index is 6.14. The average Bonchev–Trinajstić information content (AvgIpc) is 2.97. The van der Waals surface area contributed by atoms with Crippen molar-refractivity contribution in [1.82, 2.24) is 15.3 Å². The highest BCUT2D eigenvalue weighted by molar-refractivity contribution is 4.85. The van der Waals surface area contributed by atoms with Crippen molar-refractivity contribution in [2.24, 2.45) is 11.8 Å². The van der Waals surface area contributed by atoms with Crippen LogP contribution in [0.3, 0.4) is 0 Å². The maximum atomic E-state index is 6.14. The van der Waals surface area contributed by atoms with Crippen LogP contribution in [0.4, 0.5) is 0 Å². The Kier molecular flexibility index (Phi) is 5.01. The third-order valence-electron chi connectivity index (χ3n) is 6.52. The molecule has 3 heterocycles. The average molecular weight is 307 g/mol. The van der Waals surface area contributed by atoms with Crippen LogP contribution in [0.15, 0.2) is 0 Å². The molecule has 1 N–H and O–H groups in total. The van der Waals surface area contributed by atoms with E-state index < -0.39 is 0 Å². The number of hydrazine groups is 1. The maximum Gasteiger partial charge on any atom is 0.122 e. The normalized spacial score (nSPS) is 40.4. The van der Waals surface area contributed by atoms with Crippen LogP contribution in [0, 0.1) is 11.8 Å². The van der Waals surface area contributed by atoms with E-state index in [1.54, 1.807) is 0 Å². The van der Waals surface area contributed by atoms with Crippen molar-refractivity contribution < 1.29 is 4.74 Å². The molecule has 0 aromatic heterocycles. The fourth-order valence-electron chi connectivity index (χ4n) is 5.21. The summed E-state index contributed by atoms with van der Waals surface area (Å²) in [4.78, 5) is 2.66. The van der Waals surface area contributed by atoms with Crippen LogP contribution < -0.4 is 5.43 Å². The molecule has 126 valence electrons. The van der Waals surface area contributed by atoms with Crippen molar-refractivity contribution in [2.75, 3.05) is 32.8 Å². The van der Waals surface area contributed by atoms with E-state index in [-0.39, 0.29) is 6.23 Å². The molecule has 1 saturated carbocycles. The number of likely N-dealkylation sites (tertiary alicyclic amines) is 1. The quantitative estimate of drug-likeness (QED) is 0.864. The second-order valence-corrected chi connectivity index (χ2v) is 7.96. The number of piperidine rings is 2. The van der Waals surface area contributed by atoms with Crippen LogP contribution in [0.1, 0.15) is 57.8 Å². The summed E-state index contributed by atoms with van der Waals surface area (Å²) in [6, 6.07) is 0.733. The van der Waals surface area contributed by atoms with Gasteiger partial charge < -0.3 is 9.64 Å². The Morgan fingerprint density at radius 2 is 1.77 bits per heavy atom. The molecule has 4 heteroatoms. The highest BCUT2D eigenvalue weighted by Crippen LogP contribution is 2.35. The molecule has 0 aromatic carbocycles. The Balaban J connectivity index is 1.16. The van der Waals surface area contributed by atoms with Gasteiger partial charge >= 0.3 is 0 Å². The molecule has 22 heavy (non-hydrogen) atoms. The molecule has 4 rings (SSSR count). The van der Waals surface area contributed by atoms with E-state index in [0.29, 0.717) is 0 Å². The van der Waals surface area contributed by atoms with E-state index >= 15 is 0 Å². The van der Waals surface area contributed by atoms with Gasteiger partial charge in [-0.1, -0.05) is 25.7 Å². The molecule has 4 atom stereocenters. The SMILES string of the molecule is C1CCN2NC(OCCN3CC[C@H]4CCCC[C@@H]4C3)CC2C1. The number of hydrogen-bond acceptors (Lipinski definition) is 4. The lowest BCUT2D eigenvalue weighted by molar-refractivity contribution is -0.00572. The number of nitrogens with zero attached hydrogens (tertiary/aromatic N) is 2. The topological polar surface area (TPSA) is 27.7 Å². The first-order chi connectivity index (χ1) is 10.9. The Morgan fingerprint density at radius 1 is 0.909 bits per heavy atom. The minimum Gasteiger partial charge on any atom is -0.361 e. The summed E-state index contributed by atoms with van der Waals surface area (Å²) in [6.45, 7) is 5.87. The molecule has 1 aliphatic carbocycles. The largest absolute Gasteiger partial charge is 0.361 e. The van der Waals surface area contributed by atoms with Gasteiger partial charge in [0.25, 0.3) is 0 Å². The van der Waals surface area contributed by atoms with Crippen molar-refractivity contribution in [1.29, 1.82) is 0 Å². The van der Waals surface area contributed by atoms with Gasteiger partial charge in [0.05, 0.1) is 6.61 Å². The van der Waals surface area contributed by atoms with E-state index in [4.69, 9.17) is 4.74 Å². The van der Waals surface area contributed by atoms with Crippen LogP contribution >= 0.6 is 0 Å². The van der Waals surface area contributed by atoms with Crippen molar-refractivity contribution >= 4 is 0 Å². The van der Waals surface area contributed by atoms with Crippen LogP contribution in [-0.2, 0) is 4.74 Å². The summed E-state index contributed by atoms with van der Waals surface area (Å²) >= 11 is 0. The van der Waals surface area contributed by atoms with Crippen molar-refractivity contribution in [3.63, 3.8) is 0 Å². The fourth-order valence-corrected chi connectivity index (χ4v) is 5.21. The smallest absolute Gasteiger partial charge is 0.122 e. The molecule has 0 aromatic rings. The molecule has 4 aliphatic rings. The predicted molar refractivity (Wildman–Crippen MR) is 88.3 cm³/mol. The number of rotatable bonds is 4. The molecule has 0 radical (unpaired) electrons. The van der Waals surface area contributed by atoms with Gasteiger partial charge in [0.2, 0.25) is 0 Å². The van der Waals surface area contributed by atoms with Crippen LogP contribution in [0.5, 0.6) is 0 Å². The molecule has 3 aliphatic heterocycles. The summed E-state index contributed by atoms with van der Waals surface area (Å²) in [5, 5.41) is 2.43. The Hall–Kier alpha value is -0.160. The number of nitrogens with one attached hydrogen (secondary N) is 1. The van der Waals surface area contributed by atoms with Gasteiger partial charge in [-0.15, -0.1) is 0 Å². The summed E-state index contributed by atoms with van der Waals surface area (Å²) in [5.74, 6) is 2.03. The molecule has 4 nitrogen and oxygen atoms in total. The summed E-state index contributed by atoms with van der Waals surface area (Å²) < 4.78 is 6.14. The molecule has 0 amide bonds. The van der Waals surface area contributed by atoms with E-state index in [2.05, 4.69) is 15.3 Å². The summed E-state index contributed by atoms with van der Waals surface area (Å²) in [7, 11) is 0. The number of fused-ring (bicyclic) bond motifs is 2. The lowest BCUT2D eigenvalue weighted by atomic mass is 9.75. The number of hydrogen-bond donors (Lipinski definition) is 1. The fraction of sp³-hybridized carbons (Fsp3) is 1.00. The zero-order valence-corrected chi connectivity index (χ0v) is 14.0. The van der Waals surface area contributed by atoms with E-state index in [0.717, 1.165) is 31.0 Å². The highest BCUT2D eigenvalue weighted by atomic mass is 16.5. The Labute approximate surface area is 135 Å². The standard InChI is InChI=1S/C18H33N3O/c1-2-6-16-14-20(10-8-15(16)5-1)11-12-22-18-13-17-7-3-4-9-21(17)19-18/h15-19H,1-14H2/t15-,16-,17?,18?/m1/s1. The first kappa shape index (κ1) is 15.4. The van der Waals surface area contributed by atoms with Gasteiger partial charge in [0.15, 0.2) is 0 Å². The minimum atomic E-state index is 0.273. The Morgan fingerprint density at radius 3 is 2.68 bits per heavy atom. The van der Waals surface area contributed by atoms with Gasteiger partial charge in [0, 0.05) is 32.1 Å². The number of ether oxygens (including phenoxy) is 1. The Bertz CT molecular complexity index is 350. The molecule has 3 saturated heterocycles. The van der Waals surface area contributed by atoms with E-state index in [1.165, 1.54) is 77.4 Å². The predicted octanol–water partition coefficient (Wildman–Crippen LogP) is 2.60. The molecular formula is C18H33N3O. The highest BCUT2D eigenvalue weighted by Gasteiger charge is 2.34. The van der Waals surface area contributed by atoms with Crippen LogP contribution in [0.2, 0.25) is 0 Å². The zero-order chi connectivity index (χ0) is 14.8. The molecule has 4 fully saturated rings. The van der Waals surface area contributed by atoms with Crippen LogP contribution in [-0.4, -0.2) is 55.0 Å². The second-order valence-electron chi connectivity index (χ2n) is 7.96. The summed E-state index contributed by atoms with van der Waals surface area (Å²) in [6.07, 6.45) is 12.9. The first-order valence-electron chi connectivity index (χ1n) is 9.75. The minimum absolute atomic E-state index is 0.273. The monoisotopic (exact) mass is 307 g/mol. The first-order valence-corrected chi connectivity index (χ1v) is 9.75. The molecule has 0 bridgehead atoms. The second kappa shape index (κ2) is 7.16. The summed E-state index contributed by atoms with van der Waals surface area (Å²) in [5.41, 5.74) is 3.57. The third-order valence-corrected chi connectivity index (χ3v) is 6.52. The van der Waals surface area contributed by atoms with Gasteiger partial charge in [-0.05, 0) is 44.1 Å². The van der Waals surface area contributed by atoms with Gasteiger partial charge in [-0.2, -0.15) is 0 Å². The van der Waals surface area contributed by atoms with Gasteiger partial charge in [-0.3, -0.25) is 0 Å². The molecule has 2 unspecified atom stereocenters. The zero-order valence-electron chi connectivity index (χ0n) is 14.0.